The summed E-state index contributed by atoms with van der Waals surface area (Å²) in [6.07, 6.45) is -4.99. The highest BCUT2D eigenvalue weighted by Crippen LogP contribution is 2.30. The number of carboxylic acids is 1. The Bertz CT molecular complexity index is 1560. The fraction of sp³-hybridized carbons (Fsp3) is 0.192. The average Bonchev–Trinajstić information content (AvgIpc) is 3.33. The van der Waals surface area contributed by atoms with Gasteiger partial charge in [-0.15, -0.1) is 0 Å². The quantitative estimate of drug-likeness (QED) is 0.286. The summed E-state index contributed by atoms with van der Waals surface area (Å²) in [5.41, 5.74) is 0.838. The van der Waals surface area contributed by atoms with Crippen molar-refractivity contribution in [3.05, 3.63) is 89.2 Å². The third kappa shape index (κ3) is 6.08. The van der Waals surface area contributed by atoms with Gasteiger partial charge >= 0.3 is 12.1 Å². The Hall–Kier alpha value is -4.06. The molecule has 0 bridgehead atoms. The minimum absolute atomic E-state index is 0.000104. The van der Waals surface area contributed by atoms with E-state index < -0.39 is 49.9 Å². The molecule has 0 amide bonds. The molecule has 4 rings (SSSR count). The molecule has 198 valence electrons. The molecule has 4 aromatic rings. The fourth-order valence-electron chi connectivity index (χ4n) is 3.73. The van der Waals surface area contributed by atoms with Crippen molar-refractivity contribution in [1.29, 1.82) is 0 Å². The number of aryl methyl sites for hydroxylation is 1. The summed E-state index contributed by atoms with van der Waals surface area (Å²) in [5, 5.41) is 13.4. The Kier molecular flexibility index (Phi) is 7.36. The molecule has 0 aliphatic carbocycles. The van der Waals surface area contributed by atoms with Gasteiger partial charge in [0.2, 0.25) is 5.82 Å². The van der Waals surface area contributed by atoms with Crippen LogP contribution in [-0.4, -0.2) is 35.4 Å². The van der Waals surface area contributed by atoms with Crippen LogP contribution in [0.25, 0.3) is 22.8 Å². The van der Waals surface area contributed by atoms with Crippen molar-refractivity contribution < 1.29 is 40.4 Å². The van der Waals surface area contributed by atoms with Crippen molar-refractivity contribution >= 4 is 15.8 Å². The lowest BCUT2D eigenvalue weighted by atomic mass is 9.99. The van der Waals surface area contributed by atoms with Crippen molar-refractivity contribution in [1.82, 2.24) is 10.1 Å². The van der Waals surface area contributed by atoms with Crippen LogP contribution in [-0.2, 0) is 27.2 Å². The molecule has 0 saturated carbocycles. The molecule has 0 radical (unpaired) electrons. The van der Waals surface area contributed by atoms with E-state index in [1.807, 2.05) is 19.1 Å². The SMILES string of the molecule is Cc1ccc(-c2nc(-c3ccc(CC(CS(=O)(=O)c4ccc(C(F)(F)F)cc4)C(=O)O)cc3F)no2)cc1. The molecule has 1 heterocycles. The van der Waals surface area contributed by atoms with Gasteiger partial charge in [-0.2, -0.15) is 18.2 Å². The maximum absolute atomic E-state index is 14.9. The van der Waals surface area contributed by atoms with Gasteiger partial charge in [0.1, 0.15) is 5.82 Å². The van der Waals surface area contributed by atoms with Crippen LogP contribution in [0.15, 0.2) is 76.1 Å². The van der Waals surface area contributed by atoms with E-state index in [0.29, 0.717) is 17.7 Å². The first-order chi connectivity index (χ1) is 17.8. The molecule has 0 saturated heterocycles. The Morgan fingerprint density at radius 3 is 2.26 bits per heavy atom. The van der Waals surface area contributed by atoms with Crippen LogP contribution < -0.4 is 0 Å². The number of sulfone groups is 1. The van der Waals surface area contributed by atoms with E-state index in [4.69, 9.17) is 4.52 Å². The third-order valence-corrected chi connectivity index (χ3v) is 7.62. The second-order valence-corrected chi connectivity index (χ2v) is 10.7. The van der Waals surface area contributed by atoms with E-state index in [1.165, 1.54) is 12.1 Å². The number of hydrogen-bond donors (Lipinski definition) is 1. The van der Waals surface area contributed by atoms with E-state index in [-0.39, 0.29) is 29.3 Å². The molecular formula is C26H20F4N2O5S. The largest absolute Gasteiger partial charge is 0.481 e. The summed E-state index contributed by atoms with van der Waals surface area (Å²) < 4.78 is 83.8. The number of aromatic nitrogens is 2. The third-order valence-electron chi connectivity index (χ3n) is 5.79. The number of rotatable bonds is 8. The highest BCUT2D eigenvalue weighted by molar-refractivity contribution is 7.91. The van der Waals surface area contributed by atoms with Crippen molar-refractivity contribution in [3.8, 4) is 22.8 Å². The zero-order valence-corrected chi connectivity index (χ0v) is 20.6. The Morgan fingerprint density at radius 1 is 1.03 bits per heavy atom. The molecule has 1 aromatic heterocycles. The van der Waals surface area contributed by atoms with Crippen LogP contribution in [0.1, 0.15) is 16.7 Å². The van der Waals surface area contributed by atoms with E-state index in [1.54, 1.807) is 12.1 Å². The molecule has 12 heteroatoms. The highest BCUT2D eigenvalue weighted by Gasteiger charge is 2.32. The zero-order valence-electron chi connectivity index (χ0n) is 19.7. The van der Waals surface area contributed by atoms with E-state index >= 15 is 0 Å². The molecule has 1 atom stereocenters. The molecule has 1 N–H and O–H groups in total. The number of benzene rings is 3. The number of nitrogens with zero attached hydrogens (tertiary/aromatic N) is 2. The van der Waals surface area contributed by atoms with Gasteiger partial charge in [-0.1, -0.05) is 28.9 Å². The smallest absolute Gasteiger partial charge is 0.416 e. The molecule has 0 aliphatic heterocycles. The first-order valence-corrected chi connectivity index (χ1v) is 12.8. The van der Waals surface area contributed by atoms with E-state index in [2.05, 4.69) is 10.1 Å². The molecule has 0 fully saturated rings. The summed E-state index contributed by atoms with van der Waals surface area (Å²) >= 11 is 0. The second kappa shape index (κ2) is 10.4. The topological polar surface area (TPSA) is 110 Å². The molecule has 38 heavy (non-hydrogen) atoms. The highest BCUT2D eigenvalue weighted by atomic mass is 32.2. The lowest BCUT2D eigenvalue weighted by molar-refractivity contribution is -0.141. The van der Waals surface area contributed by atoms with Gasteiger partial charge in [0.15, 0.2) is 9.84 Å². The normalized spacial score (nSPS) is 12.9. The van der Waals surface area contributed by atoms with Gasteiger partial charge in [0, 0.05) is 5.56 Å². The Labute approximate surface area is 214 Å². The van der Waals surface area contributed by atoms with Crippen LogP contribution in [0, 0.1) is 18.7 Å². The molecule has 7 nitrogen and oxygen atoms in total. The van der Waals surface area contributed by atoms with Crippen LogP contribution in [0.2, 0.25) is 0 Å². The summed E-state index contributed by atoms with van der Waals surface area (Å²) in [5.74, 6) is -4.43. The lowest BCUT2D eigenvalue weighted by Gasteiger charge is -2.14. The Morgan fingerprint density at radius 2 is 1.68 bits per heavy atom. The molecule has 0 aliphatic rings. The summed E-state index contributed by atoms with van der Waals surface area (Å²) in [7, 11) is -4.25. The number of halogens is 4. The number of carboxylic acid groups (broad SMARTS) is 1. The summed E-state index contributed by atoms with van der Waals surface area (Å²) in [6.45, 7) is 1.92. The lowest BCUT2D eigenvalue weighted by Crippen LogP contribution is -2.26. The minimum atomic E-state index is -4.65. The van der Waals surface area contributed by atoms with Crippen molar-refractivity contribution in [2.24, 2.45) is 5.92 Å². The van der Waals surface area contributed by atoms with Gasteiger partial charge in [-0.3, -0.25) is 4.79 Å². The number of carbonyl (C=O) groups is 1. The van der Waals surface area contributed by atoms with Gasteiger partial charge in [-0.05, 0) is 67.4 Å². The van der Waals surface area contributed by atoms with Crippen LogP contribution >= 0.6 is 0 Å². The zero-order chi connectivity index (χ0) is 27.7. The molecular weight excluding hydrogens is 528 g/mol. The van der Waals surface area contributed by atoms with Crippen molar-refractivity contribution in [2.75, 3.05) is 5.75 Å². The number of alkyl halides is 3. The van der Waals surface area contributed by atoms with Gasteiger partial charge in [0.25, 0.3) is 5.89 Å². The van der Waals surface area contributed by atoms with Crippen molar-refractivity contribution in [3.63, 3.8) is 0 Å². The Balaban J connectivity index is 1.51. The van der Waals surface area contributed by atoms with Gasteiger partial charge in [0.05, 0.1) is 27.7 Å². The van der Waals surface area contributed by atoms with Crippen LogP contribution in [0.4, 0.5) is 17.6 Å². The molecule has 1 unspecified atom stereocenters. The average molecular weight is 549 g/mol. The monoisotopic (exact) mass is 548 g/mol. The van der Waals surface area contributed by atoms with Gasteiger partial charge in [-0.25, -0.2) is 12.8 Å². The second-order valence-electron chi connectivity index (χ2n) is 8.65. The van der Waals surface area contributed by atoms with E-state index in [0.717, 1.165) is 23.8 Å². The number of aliphatic carboxylic acids is 1. The summed E-state index contributed by atoms with van der Waals surface area (Å²) in [4.78, 5) is 15.5. The first kappa shape index (κ1) is 27.0. The summed E-state index contributed by atoms with van der Waals surface area (Å²) in [6, 6.07) is 13.8. The molecule has 0 spiro atoms. The van der Waals surface area contributed by atoms with Crippen LogP contribution in [0.3, 0.4) is 0 Å². The number of hydrogen-bond acceptors (Lipinski definition) is 6. The first-order valence-electron chi connectivity index (χ1n) is 11.2. The maximum Gasteiger partial charge on any atom is 0.416 e. The van der Waals surface area contributed by atoms with Crippen LogP contribution in [0.5, 0.6) is 0 Å². The minimum Gasteiger partial charge on any atom is -0.481 e. The van der Waals surface area contributed by atoms with Crippen molar-refractivity contribution in [2.45, 2.75) is 24.4 Å². The standard InChI is InChI=1S/C26H20F4N2O5S/c1-15-2-5-17(6-3-15)24-31-23(32-37-24)21-11-4-16(13-22(21)27)12-18(25(33)34)14-38(35,36)20-9-7-19(8-10-20)26(28,29)30/h2-11,13,18H,12,14H2,1H3,(H,33,34). The fourth-order valence-corrected chi connectivity index (χ4v) is 5.26. The maximum atomic E-state index is 14.9. The van der Waals surface area contributed by atoms with Gasteiger partial charge < -0.3 is 9.63 Å². The predicted octanol–water partition coefficient (Wildman–Crippen LogP) is 5.59. The predicted molar refractivity (Wildman–Crippen MR) is 128 cm³/mol. The molecule has 3 aromatic carbocycles. The van der Waals surface area contributed by atoms with E-state index in [9.17, 15) is 35.9 Å².